The molecule has 2 rings (SSSR count). The maximum Gasteiger partial charge on any atom is 0.407 e. The molecule has 20 heavy (non-hydrogen) atoms. The molecular weight excluding hydrogens is 290 g/mol. The summed E-state index contributed by atoms with van der Waals surface area (Å²) in [6.07, 6.45) is 0.237. The lowest BCUT2D eigenvalue weighted by Gasteiger charge is -2.18. The van der Waals surface area contributed by atoms with Crippen LogP contribution < -0.4 is 15.9 Å². The van der Waals surface area contributed by atoms with Crippen LogP contribution in [0.25, 0.3) is 0 Å². The summed E-state index contributed by atoms with van der Waals surface area (Å²) in [5.41, 5.74) is 11.2. The number of hydrogen-bond donors (Lipinski definition) is 3. The third kappa shape index (κ3) is 2.75. The van der Waals surface area contributed by atoms with Gasteiger partial charge in [0.25, 0.3) is 5.95 Å². The predicted octanol–water partition coefficient (Wildman–Crippen LogP) is -1.74. The first-order valence-corrected chi connectivity index (χ1v) is 6.23. The Morgan fingerprint density at radius 1 is 1.55 bits per heavy atom. The average Bonchev–Trinajstić information content (AvgIpc) is 2.78. The molecule has 5 N–H and O–H groups in total. The molecule has 0 aromatic carbocycles. The number of aromatic nitrogens is 2. The van der Waals surface area contributed by atoms with E-state index in [1.807, 2.05) is 0 Å². The van der Waals surface area contributed by atoms with Crippen LogP contribution in [0, 0.1) is 0 Å². The van der Waals surface area contributed by atoms with Crippen LogP contribution in [-0.4, -0.2) is 40.8 Å². The lowest BCUT2D eigenvalue weighted by Crippen LogP contribution is -2.31. The minimum Gasteiger partial charge on any atom is -0.754 e. The van der Waals surface area contributed by atoms with Crippen molar-refractivity contribution in [2.24, 2.45) is 16.6 Å². The van der Waals surface area contributed by atoms with Gasteiger partial charge in [0.2, 0.25) is 5.96 Å². The molecule has 1 unspecified atom stereocenters. The van der Waals surface area contributed by atoms with Crippen molar-refractivity contribution in [2.75, 3.05) is 4.41 Å². The molecule has 1 aromatic heterocycles. The molecule has 1 aromatic rings. The van der Waals surface area contributed by atoms with Gasteiger partial charge in [-0.3, -0.25) is 4.90 Å². The van der Waals surface area contributed by atoms with E-state index in [2.05, 4.69) is 15.1 Å². The Bertz CT molecular complexity index is 602. The fourth-order valence-corrected chi connectivity index (χ4v) is 2.00. The number of hydrogen-bond acceptors (Lipinski definition) is 6. The van der Waals surface area contributed by atoms with Crippen LogP contribution in [0.3, 0.4) is 0 Å². The minimum atomic E-state index is -2.81. The number of hydrazone groups is 1. The van der Waals surface area contributed by atoms with Gasteiger partial charge in [-0.15, -0.1) is 5.10 Å². The molecule has 11 nitrogen and oxygen atoms in total. The van der Waals surface area contributed by atoms with Crippen LogP contribution in [-0.2, 0) is 24.4 Å². The third-order valence-electron chi connectivity index (χ3n) is 2.43. The molecule has 12 heteroatoms. The number of guanidine groups is 1. The number of anilines is 1. The van der Waals surface area contributed by atoms with Crippen LogP contribution in [0.2, 0.25) is 0 Å². The number of carboxylic acid groups (broad SMARTS) is 1. The summed E-state index contributed by atoms with van der Waals surface area (Å²) >= 11 is -2.81. The van der Waals surface area contributed by atoms with Crippen LogP contribution in [0.1, 0.15) is 11.3 Å². The van der Waals surface area contributed by atoms with Gasteiger partial charge in [-0.1, -0.05) is 0 Å². The zero-order chi connectivity index (χ0) is 14.9. The Labute approximate surface area is 115 Å². The summed E-state index contributed by atoms with van der Waals surface area (Å²) in [6, 6.07) is 0. The van der Waals surface area contributed by atoms with Crippen molar-refractivity contribution in [3.05, 3.63) is 17.5 Å². The molecule has 0 spiro atoms. The molecule has 108 valence electrons. The van der Waals surface area contributed by atoms with E-state index >= 15 is 0 Å². The van der Waals surface area contributed by atoms with E-state index in [9.17, 15) is 13.6 Å². The Hall–Kier alpha value is -2.47. The van der Waals surface area contributed by atoms with Gasteiger partial charge in [0.1, 0.15) is 0 Å². The van der Waals surface area contributed by atoms with Crippen molar-refractivity contribution >= 4 is 29.3 Å². The standard InChI is InChI=1S/C8H11N7O4S/c9-6(10)13-15(20(18)19)7-11-1-4-2-14(8(16)17)3-5(4)12-7/h1H,2-3H2,(H,16,17)(H,18,19)(H4,9,10,13)/p-1. The van der Waals surface area contributed by atoms with E-state index in [4.69, 9.17) is 16.6 Å². The van der Waals surface area contributed by atoms with Crippen LogP contribution >= 0.6 is 0 Å². The second-order valence-corrected chi connectivity index (χ2v) is 4.58. The van der Waals surface area contributed by atoms with Gasteiger partial charge in [-0.2, -0.15) is 4.41 Å². The number of carbonyl (C=O) groups is 1. The third-order valence-corrected chi connectivity index (χ3v) is 2.96. The number of amides is 1. The summed E-state index contributed by atoms with van der Waals surface area (Å²) in [5, 5.41) is 12.2. The summed E-state index contributed by atoms with van der Waals surface area (Å²) in [4.78, 5) is 19.7. The van der Waals surface area contributed by atoms with E-state index in [0.717, 1.165) is 4.90 Å². The van der Waals surface area contributed by atoms with Gasteiger partial charge in [0, 0.05) is 11.8 Å². The summed E-state index contributed by atoms with van der Waals surface area (Å²) in [7, 11) is 0. The number of nitrogens with two attached hydrogens (primary N) is 2. The highest BCUT2D eigenvalue weighted by Crippen LogP contribution is 2.22. The Morgan fingerprint density at radius 2 is 2.25 bits per heavy atom. The summed E-state index contributed by atoms with van der Waals surface area (Å²) in [5.74, 6) is -0.747. The lowest BCUT2D eigenvalue weighted by molar-refractivity contribution is 0.145. The predicted molar refractivity (Wildman–Crippen MR) is 66.5 cm³/mol. The molecule has 1 aliphatic heterocycles. The number of rotatable bonds is 3. The minimum absolute atomic E-state index is 0.0430. The first kappa shape index (κ1) is 14.0. The SMILES string of the molecule is NC(N)=NN(c1ncc2c(n1)CN(C(=O)O)C2)S(=O)[O-]. The van der Waals surface area contributed by atoms with Gasteiger partial charge >= 0.3 is 6.09 Å². The molecular formula is C8H10N7O4S-. The van der Waals surface area contributed by atoms with Crippen molar-refractivity contribution in [3.8, 4) is 0 Å². The maximum atomic E-state index is 11.0. The van der Waals surface area contributed by atoms with Crippen LogP contribution in [0.4, 0.5) is 10.7 Å². The molecule has 2 heterocycles. The molecule has 0 fully saturated rings. The highest BCUT2D eigenvalue weighted by Gasteiger charge is 2.25. The fourth-order valence-electron chi connectivity index (χ4n) is 1.62. The molecule has 1 aliphatic rings. The van der Waals surface area contributed by atoms with Crippen molar-refractivity contribution in [2.45, 2.75) is 13.1 Å². The van der Waals surface area contributed by atoms with E-state index in [1.165, 1.54) is 6.20 Å². The van der Waals surface area contributed by atoms with Crippen molar-refractivity contribution < 1.29 is 18.7 Å². The van der Waals surface area contributed by atoms with Gasteiger partial charge < -0.3 is 21.1 Å². The lowest BCUT2D eigenvalue weighted by atomic mass is 10.3. The van der Waals surface area contributed by atoms with E-state index < -0.39 is 23.3 Å². The van der Waals surface area contributed by atoms with Crippen LogP contribution in [0.15, 0.2) is 11.3 Å². The summed E-state index contributed by atoms with van der Waals surface area (Å²) < 4.78 is 22.5. The Balaban J connectivity index is 2.33. The molecule has 0 bridgehead atoms. The molecule has 0 saturated carbocycles. The molecule has 1 atom stereocenters. The second-order valence-electron chi connectivity index (χ2n) is 3.80. The molecule has 1 amide bonds. The quantitative estimate of drug-likeness (QED) is 0.255. The smallest absolute Gasteiger partial charge is 0.407 e. The zero-order valence-corrected chi connectivity index (χ0v) is 10.8. The van der Waals surface area contributed by atoms with E-state index in [-0.39, 0.29) is 19.0 Å². The summed E-state index contributed by atoms with van der Waals surface area (Å²) in [6.45, 7) is 0.190. The fraction of sp³-hybridized carbons (Fsp3) is 0.250. The van der Waals surface area contributed by atoms with Gasteiger partial charge in [0.05, 0.1) is 30.0 Å². The average molecular weight is 300 g/mol. The zero-order valence-electron chi connectivity index (χ0n) is 9.96. The normalized spacial score (nSPS) is 14.6. The monoisotopic (exact) mass is 300 g/mol. The van der Waals surface area contributed by atoms with Crippen molar-refractivity contribution in [1.82, 2.24) is 14.9 Å². The van der Waals surface area contributed by atoms with Gasteiger partial charge in [0.15, 0.2) is 0 Å². The Kier molecular flexibility index (Phi) is 3.67. The second kappa shape index (κ2) is 5.26. The highest BCUT2D eigenvalue weighted by atomic mass is 32.2. The highest BCUT2D eigenvalue weighted by molar-refractivity contribution is 7.80. The van der Waals surface area contributed by atoms with E-state index in [0.29, 0.717) is 15.7 Å². The van der Waals surface area contributed by atoms with Crippen molar-refractivity contribution in [3.63, 3.8) is 0 Å². The van der Waals surface area contributed by atoms with Crippen LogP contribution in [0.5, 0.6) is 0 Å². The Morgan fingerprint density at radius 3 is 2.80 bits per heavy atom. The first-order chi connectivity index (χ1) is 9.38. The topological polar surface area (TPSA) is 174 Å². The van der Waals surface area contributed by atoms with E-state index in [1.54, 1.807) is 0 Å². The largest absolute Gasteiger partial charge is 0.754 e. The van der Waals surface area contributed by atoms with Gasteiger partial charge in [-0.05, 0) is 0 Å². The number of nitrogens with zero attached hydrogens (tertiary/aromatic N) is 5. The first-order valence-electron chi connectivity index (χ1n) is 5.20. The maximum absolute atomic E-state index is 11.0. The molecule has 0 aliphatic carbocycles. The van der Waals surface area contributed by atoms with Crippen molar-refractivity contribution in [1.29, 1.82) is 0 Å². The molecule has 0 saturated heterocycles. The number of fused-ring (bicyclic) bond motifs is 1. The van der Waals surface area contributed by atoms with Gasteiger partial charge in [-0.25, -0.2) is 19.0 Å². The molecule has 0 radical (unpaired) electrons.